The minimum atomic E-state index is -3.25. The maximum absolute atomic E-state index is 13.1. The Bertz CT molecular complexity index is 967. The van der Waals surface area contributed by atoms with Crippen molar-refractivity contribution in [3.05, 3.63) is 65.5 Å². The van der Waals surface area contributed by atoms with E-state index in [-0.39, 0.29) is 16.5 Å². The summed E-state index contributed by atoms with van der Waals surface area (Å²) in [7, 11) is -3.25. The minimum absolute atomic E-state index is 0.0267. The first-order chi connectivity index (χ1) is 12.8. The van der Waals surface area contributed by atoms with Crippen molar-refractivity contribution >= 4 is 26.8 Å². The molecule has 5 heteroatoms. The number of allylic oxidation sites excluding steroid dienone is 2. The molecule has 0 bridgehead atoms. The maximum Gasteiger partial charge on any atom is 0.175 e. The molecule has 0 saturated heterocycles. The van der Waals surface area contributed by atoms with E-state index in [1.165, 1.54) is 25.0 Å². The van der Waals surface area contributed by atoms with Crippen LogP contribution in [0.1, 0.15) is 43.7 Å². The minimum Gasteiger partial charge on any atom is -0.294 e. The normalized spacial score (nSPS) is 16.9. The Labute approximate surface area is 159 Å². The van der Waals surface area contributed by atoms with Crippen LogP contribution < -0.4 is 0 Å². The summed E-state index contributed by atoms with van der Waals surface area (Å²) in [5.41, 5.74) is 2.98. The summed E-state index contributed by atoms with van der Waals surface area (Å²) in [5.74, 6) is 0.762. The number of carbonyl (C=O) groups excluding carboxylic acids is 1. The van der Waals surface area contributed by atoms with Crippen LogP contribution in [-0.2, 0) is 14.6 Å². The smallest absolute Gasteiger partial charge is 0.175 e. The van der Waals surface area contributed by atoms with Gasteiger partial charge in [-0.15, -0.1) is 0 Å². The fourth-order valence-electron chi connectivity index (χ4n) is 2.97. The summed E-state index contributed by atoms with van der Waals surface area (Å²) in [6, 6.07) is 12.4. The van der Waals surface area contributed by atoms with Gasteiger partial charge < -0.3 is 0 Å². The topological polar surface area (TPSA) is 51.2 Å². The van der Waals surface area contributed by atoms with Gasteiger partial charge in [0.15, 0.2) is 15.6 Å². The largest absolute Gasteiger partial charge is 0.294 e. The molecule has 0 unspecified atom stereocenters. The molecule has 2 aliphatic carbocycles. The predicted molar refractivity (Wildman–Crippen MR) is 105 cm³/mol. The Morgan fingerprint density at radius 3 is 1.89 bits per heavy atom. The monoisotopic (exact) mass is 386 g/mol. The van der Waals surface area contributed by atoms with E-state index >= 15 is 0 Å². The van der Waals surface area contributed by atoms with E-state index in [0.29, 0.717) is 24.0 Å². The molecule has 27 heavy (non-hydrogen) atoms. The highest BCUT2D eigenvalue weighted by Gasteiger charge is 2.25. The molecule has 1 saturated carbocycles. The van der Waals surface area contributed by atoms with Gasteiger partial charge >= 0.3 is 0 Å². The third kappa shape index (κ3) is 4.92. The Balaban J connectivity index is 0.000000466. The third-order valence-electron chi connectivity index (χ3n) is 4.81. The molecular formula is C22H23FO3S. The summed E-state index contributed by atoms with van der Waals surface area (Å²) >= 11 is 0. The van der Waals surface area contributed by atoms with Crippen molar-refractivity contribution in [2.24, 2.45) is 5.92 Å². The average molecular weight is 386 g/mol. The molecule has 3 nitrogen and oxygen atoms in total. The van der Waals surface area contributed by atoms with Crippen molar-refractivity contribution in [3.8, 4) is 0 Å². The lowest BCUT2D eigenvalue weighted by Gasteiger charge is -2.08. The molecule has 2 aromatic carbocycles. The molecular weight excluding hydrogens is 363 g/mol. The molecule has 0 amide bonds. The molecule has 0 atom stereocenters. The highest BCUT2D eigenvalue weighted by Crippen LogP contribution is 2.37. The van der Waals surface area contributed by atoms with Crippen molar-refractivity contribution in [1.29, 1.82) is 0 Å². The van der Waals surface area contributed by atoms with Gasteiger partial charge in [0.2, 0.25) is 0 Å². The van der Waals surface area contributed by atoms with Gasteiger partial charge in [-0.25, -0.2) is 12.8 Å². The zero-order chi connectivity index (χ0) is 19.6. The molecule has 0 heterocycles. The number of Topliss-reactive ketones (excluding diaryl/α,β-unsaturated/α-hetero) is 1. The van der Waals surface area contributed by atoms with Crippen LogP contribution in [-0.4, -0.2) is 20.5 Å². The zero-order valence-corrected chi connectivity index (χ0v) is 16.4. The van der Waals surface area contributed by atoms with Gasteiger partial charge in [-0.1, -0.05) is 44.0 Å². The summed E-state index contributed by atoms with van der Waals surface area (Å²) in [4.78, 5) is 12.5. The van der Waals surface area contributed by atoms with Crippen molar-refractivity contribution in [1.82, 2.24) is 0 Å². The summed E-state index contributed by atoms with van der Waals surface area (Å²) < 4.78 is 36.2. The van der Waals surface area contributed by atoms with Crippen LogP contribution in [0.3, 0.4) is 0 Å². The van der Waals surface area contributed by atoms with E-state index in [1.54, 1.807) is 36.4 Å². The van der Waals surface area contributed by atoms with Crippen molar-refractivity contribution in [3.63, 3.8) is 0 Å². The predicted octanol–water partition coefficient (Wildman–Crippen LogP) is 4.92. The van der Waals surface area contributed by atoms with Crippen LogP contribution >= 0.6 is 0 Å². The second-order valence-electron chi connectivity index (χ2n) is 7.26. The first-order valence-electron chi connectivity index (χ1n) is 9.08. The Hall–Kier alpha value is -2.27. The summed E-state index contributed by atoms with van der Waals surface area (Å²) in [6.45, 7) is 2.28. The van der Waals surface area contributed by atoms with E-state index < -0.39 is 9.84 Å². The molecule has 0 aromatic heterocycles. The van der Waals surface area contributed by atoms with E-state index in [9.17, 15) is 17.6 Å². The lowest BCUT2D eigenvalue weighted by atomic mass is 9.97. The lowest BCUT2D eigenvalue weighted by molar-refractivity contribution is -0.113. The van der Waals surface area contributed by atoms with Crippen molar-refractivity contribution < 1.29 is 17.6 Å². The molecule has 4 rings (SSSR count). The quantitative estimate of drug-likeness (QED) is 0.752. The summed E-state index contributed by atoms with van der Waals surface area (Å²) in [6.07, 6.45) is 5.14. The molecule has 0 aliphatic heterocycles. The molecule has 142 valence electrons. The second kappa shape index (κ2) is 7.77. The van der Waals surface area contributed by atoms with Crippen molar-refractivity contribution in [2.75, 3.05) is 6.26 Å². The van der Waals surface area contributed by atoms with Gasteiger partial charge in [0.05, 0.1) is 4.90 Å². The van der Waals surface area contributed by atoms with Gasteiger partial charge in [0, 0.05) is 18.2 Å². The standard InChI is InChI=1S/C18H15FO3S.C4H8/c1-23(21,22)15-8-4-12(5-9-15)16-10-11-17(20)18(16)13-2-6-14(19)7-3-13;1-4-2-3-4/h2-9H,10-11H2,1H3;4H,2-3H2,1H3. The number of sulfone groups is 1. The van der Waals surface area contributed by atoms with Crippen LogP contribution in [0.5, 0.6) is 0 Å². The Morgan fingerprint density at radius 1 is 0.889 bits per heavy atom. The van der Waals surface area contributed by atoms with Gasteiger partial charge in [-0.05, 0) is 53.3 Å². The van der Waals surface area contributed by atoms with Crippen LogP contribution in [0, 0.1) is 11.7 Å². The fourth-order valence-corrected chi connectivity index (χ4v) is 3.60. The lowest BCUT2D eigenvalue weighted by Crippen LogP contribution is -1.98. The number of rotatable bonds is 3. The van der Waals surface area contributed by atoms with E-state index in [0.717, 1.165) is 23.3 Å². The number of carbonyl (C=O) groups is 1. The van der Waals surface area contributed by atoms with Gasteiger partial charge in [-0.2, -0.15) is 0 Å². The highest BCUT2D eigenvalue weighted by atomic mass is 32.2. The van der Waals surface area contributed by atoms with Crippen LogP contribution in [0.2, 0.25) is 0 Å². The highest BCUT2D eigenvalue weighted by molar-refractivity contribution is 7.90. The van der Waals surface area contributed by atoms with Crippen LogP contribution in [0.25, 0.3) is 11.1 Å². The van der Waals surface area contributed by atoms with Crippen LogP contribution in [0.15, 0.2) is 53.4 Å². The molecule has 2 aliphatic rings. The molecule has 2 aromatic rings. The molecule has 0 radical (unpaired) electrons. The maximum atomic E-state index is 13.1. The van der Waals surface area contributed by atoms with Crippen molar-refractivity contribution in [2.45, 2.75) is 37.5 Å². The SMILES string of the molecule is CC1CC1.CS(=O)(=O)c1ccc(C2=C(c3ccc(F)cc3)C(=O)CC2)cc1. The third-order valence-corrected chi connectivity index (χ3v) is 5.94. The molecule has 1 fully saturated rings. The number of hydrogen-bond acceptors (Lipinski definition) is 3. The fraction of sp³-hybridized carbons (Fsp3) is 0.318. The number of ketones is 1. The van der Waals surface area contributed by atoms with E-state index in [4.69, 9.17) is 0 Å². The second-order valence-corrected chi connectivity index (χ2v) is 9.28. The first-order valence-corrected chi connectivity index (χ1v) is 11.0. The number of benzene rings is 2. The molecule has 0 N–H and O–H groups in total. The van der Waals surface area contributed by atoms with E-state index in [1.807, 2.05) is 0 Å². The van der Waals surface area contributed by atoms with Gasteiger partial charge in [0.25, 0.3) is 0 Å². The first kappa shape index (κ1) is 19.5. The molecule has 0 spiro atoms. The van der Waals surface area contributed by atoms with E-state index in [2.05, 4.69) is 6.92 Å². The zero-order valence-electron chi connectivity index (χ0n) is 15.5. The van der Waals surface area contributed by atoms with Crippen LogP contribution in [0.4, 0.5) is 4.39 Å². The van der Waals surface area contributed by atoms with Gasteiger partial charge in [0.1, 0.15) is 5.82 Å². The number of halogens is 1. The Kier molecular flexibility index (Phi) is 5.61. The average Bonchev–Trinajstić information content (AvgIpc) is 3.32. The summed E-state index contributed by atoms with van der Waals surface area (Å²) in [5, 5.41) is 0. The van der Waals surface area contributed by atoms with Gasteiger partial charge in [-0.3, -0.25) is 4.79 Å². The Morgan fingerprint density at radius 2 is 1.41 bits per heavy atom. The number of hydrogen-bond donors (Lipinski definition) is 0.